The van der Waals surface area contributed by atoms with Gasteiger partial charge < -0.3 is 9.64 Å². The zero-order valence-electron chi connectivity index (χ0n) is 20.5. The molecule has 8 rings (SSSR count). The highest BCUT2D eigenvalue weighted by atomic mass is 33.1. The summed E-state index contributed by atoms with van der Waals surface area (Å²) in [4.78, 5) is 29.9. The zero-order chi connectivity index (χ0) is 26.4. The molecular formula is C27H23N3O5S3. The van der Waals surface area contributed by atoms with Gasteiger partial charge in [-0.05, 0) is 41.5 Å². The Bertz CT molecular complexity index is 1600. The first-order valence-corrected chi connectivity index (χ1v) is 15.7. The molecule has 4 atom stereocenters. The van der Waals surface area contributed by atoms with Crippen LogP contribution in [-0.4, -0.2) is 60.6 Å². The molecule has 0 aliphatic carbocycles. The summed E-state index contributed by atoms with van der Waals surface area (Å²) >= 11 is 0. The number of hydrogen-bond acceptors (Lipinski definition) is 7. The Kier molecular flexibility index (Phi) is 5.00. The van der Waals surface area contributed by atoms with Gasteiger partial charge in [0, 0.05) is 13.5 Å². The molecule has 2 bridgehead atoms. The molecule has 4 saturated heterocycles. The van der Waals surface area contributed by atoms with E-state index in [1.165, 1.54) is 30.8 Å². The number of fused-ring (bicyclic) bond motifs is 5. The molecular weight excluding hydrogens is 543 g/mol. The number of anilines is 1. The molecule has 1 spiro atoms. The molecule has 5 aliphatic rings. The second kappa shape index (κ2) is 7.93. The number of amides is 2. The predicted molar refractivity (Wildman–Crippen MR) is 146 cm³/mol. The van der Waals surface area contributed by atoms with Crippen molar-refractivity contribution in [3.05, 3.63) is 90.0 Å². The number of carbonyl (C=O) groups excluding carboxylic acids is 2. The first-order chi connectivity index (χ1) is 18.3. The number of hydrogen-bond donors (Lipinski definition) is 0. The van der Waals surface area contributed by atoms with Gasteiger partial charge in [0.15, 0.2) is 10.2 Å². The van der Waals surface area contributed by atoms with Crippen LogP contribution in [0.3, 0.4) is 0 Å². The molecule has 3 unspecified atom stereocenters. The molecule has 4 fully saturated rings. The molecule has 8 nitrogen and oxygen atoms in total. The van der Waals surface area contributed by atoms with E-state index in [9.17, 15) is 18.0 Å². The van der Waals surface area contributed by atoms with Crippen molar-refractivity contribution in [2.24, 2.45) is 0 Å². The van der Waals surface area contributed by atoms with Crippen LogP contribution in [0.4, 0.5) is 5.69 Å². The van der Waals surface area contributed by atoms with Gasteiger partial charge in [-0.1, -0.05) is 70.1 Å². The quantitative estimate of drug-likeness (QED) is 0.447. The zero-order valence-corrected chi connectivity index (χ0v) is 22.9. The van der Waals surface area contributed by atoms with E-state index < -0.39 is 31.8 Å². The summed E-state index contributed by atoms with van der Waals surface area (Å²) in [5, 5.41) is -0.717. The number of carbonyl (C=O) groups is 2. The lowest BCUT2D eigenvalue weighted by atomic mass is 9.72. The van der Waals surface area contributed by atoms with Crippen molar-refractivity contribution in [2.75, 3.05) is 18.5 Å². The predicted octanol–water partition coefficient (Wildman–Crippen LogP) is 3.64. The van der Waals surface area contributed by atoms with Crippen LogP contribution < -0.4 is 9.04 Å². The van der Waals surface area contributed by atoms with Gasteiger partial charge in [-0.25, -0.2) is 12.7 Å². The van der Waals surface area contributed by atoms with Crippen molar-refractivity contribution < 1.29 is 22.7 Å². The Labute approximate surface area is 228 Å². The summed E-state index contributed by atoms with van der Waals surface area (Å²) in [5.41, 5.74) is 1.13. The third-order valence-electron chi connectivity index (χ3n) is 8.07. The molecule has 11 heteroatoms. The smallest absolute Gasteiger partial charge is 0.266 e. The third kappa shape index (κ3) is 2.76. The number of piperazine rings is 1. The number of methoxy groups -OCH3 is 1. The normalized spacial score (nSPS) is 29.4. The fourth-order valence-corrected chi connectivity index (χ4v) is 11.6. The van der Waals surface area contributed by atoms with E-state index >= 15 is 0 Å². The van der Waals surface area contributed by atoms with Crippen molar-refractivity contribution in [3.63, 3.8) is 0 Å². The first-order valence-electron chi connectivity index (χ1n) is 12.1. The maximum absolute atomic E-state index is 14.4. The van der Waals surface area contributed by atoms with Crippen molar-refractivity contribution in [1.29, 1.82) is 0 Å². The lowest BCUT2D eigenvalue weighted by Gasteiger charge is -2.53. The largest absolute Gasteiger partial charge is 0.497 e. The standard InChI is InChI=1S/C27H23N3O5S3/c1-28-23-22(31)29-24-26(16-27(29,25(28)32)37-36-23,17-12-14-18(35-2)15-13-17)20-10-6-7-11-21(20)30(24)38(33,34)19-8-4-3-5-9-19/h3-15,23-24H,16H2,1-2H3/t23?,24?,26-,27?/m0/s1. The van der Waals surface area contributed by atoms with Crippen molar-refractivity contribution >= 4 is 49.1 Å². The van der Waals surface area contributed by atoms with E-state index in [2.05, 4.69) is 0 Å². The molecule has 0 aromatic heterocycles. The average molecular weight is 566 g/mol. The first kappa shape index (κ1) is 23.9. The maximum atomic E-state index is 14.4. The number of likely N-dealkylation sites (N-methyl/N-ethyl adjacent to an activating group) is 1. The highest BCUT2D eigenvalue weighted by molar-refractivity contribution is 8.78. The van der Waals surface area contributed by atoms with Crippen LogP contribution in [0.1, 0.15) is 17.5 Å². The lowest BCUT2D eigenvalue weighted by Crippen LogP contribution is -2.72. The molecule has 2 amide bonds. The highest BCUT2D eigenvalue weighted by Crippen LogP contribution is 2.69. The maximum Gasteiger partial charge on any atom is 0.266 e. The summed E-state index contributed by atoms with van der Waals surface area (Å²) in [6, 6.07) is 23.1. The van der Waals surface area contributed by atoms with Gasteiger partial charge in [-0.15, -0.1) is 0 Å². The molecule has 38 heavy (non-hydrogen) atoms. The van der Waals surface area contributed by atoms with Gasteiger partial charge in [-0.2, -0.15) is 0 Å². The average Bonchev–Trinajstić information content (AvgIpc) is 3.41. The Morgan fingerprint density at radius 2 is 1.63 bits per heavy atom. The van der Waals surface area contributed by atoms with E-state index in [1.54, 1.807) is 61.5 Å². The fourth-order valence-electron chi connectivity index (χ4n) is 6.43. The molecule has 3 aromatic carbocycles. The van der Waals surface area contributed by atoms with Crippen LogP contribution in [-0.2, 0) is 25.0 Å². The lowest BCUT2D eigenvalue weighted by molar-refractivity contribution is -0.158. The monoisotopic (exact) mass is 565 g/mol. The number of sulfonamides is 1. The number of para-hydroxylation sites is 1. The van der Waals surface area contributed by atoms with Crippen LogP contribution in [0.5, 0.6) is 5.75 Å². The summed E-state index contributed by atoms with van der Waals surface area (Å²) in [6.45, 7) is 0. The van der Waals surface area contributed by atoms with Gasteiger partial charge in [0.2, 0.25) is 0 Å². The molecule has 194 valence electrons. The fraction of sp³-hybridized carbons (Fsp3) is 0.259. The SMILES string of the molecule is COc1ccc([C@]23CC45SSC(C(=O)N4C2N(S(=O)(=O)c2ccccc2)c2ccccc23)N(C)C5=O)cc1. The molecule has 5 aliphatic heterocycles. The summed E-state index contributed by atoms with van der Waals surface area (Å²) in [6.07, 6.45) is -0.715. The number of rotatable bonds is 4. The summed E-state index contributed by atoms with van der Waals surface area (Å²) < 4.78 is 35.6. The minimum atomic E-state index is -4.12. The minimum Gasteiger partial charge on any atom is -0.497 e. The number of ether oxygens (including phenoxy) is 1. The second-order valence-electron chi connectivity index (χ2n) is 9.82. The van der Waals surface area contributed by atoms with E-state index in [1.807, 2.05) is 36.4 Å². The van der Waals surface area contributed by atoms with Crippen LogP contribution in [0, 0.1) is 0 Å². The molecule has 0 saturated carbocycles. The third-order valence-corrected chi connectivity index (χ3v) is 13.1. The van der Waals surface area contributed by atoms with Crippen LogP contribution in [0.2, 0.25) is 0 Å². The van der Waals surface area contributed by atoms with E-state index in [0.29, 0.717) is 11.4 Å². The Morgan fingerprint density at radius 3 is 2.34 bits per heavy atom. The van der Waals surface area contributed by atoms with Crippen molar-refractivity contribution in [2.45, 2.75) is 33.1 Å². The van der Waals surface area contributed by atoms with Gasteiger partial charge in [-0.3, -0.25) is 14.5 Å². The van der Waals surface area contributed by atoms with E-state index in [4.69, 9.17) is 4.74 Å². The summed E-state index contributed by atoms with van der Waals surface area (Å²) in [5.74, 6) is 0.230. The molecule has 0 N–H and O–H groups in total. The van der Waals surface area contributed by atoms with Gasteiger partial charge in [0.25, 0.3) is 21.8 Å². The second-order valence-corrected chi connectivity index (χ2v) is 14.2. The van der Waals surface area contributed by atoms with Crippen LogP contribution in [0.15, 0.2) is 83.8 Å². The number of benzene rings is 3. The van der Waals surface area contributed by atoms with Gasteiger partial charge in [0.05, 0.1) is 23.1 Å². The molecule has 5 heterocycles. The van der Waals surface area contributed by atoms with E-state index in [-0.39, 0.29) is 23.1 Å². The van der Waals surface area contributed by atoms with Crippen LogP contribution in [0.25, 0.3) is 0 Å². The van der Waals surface area contributed by atoms with Crippen molar-refractivity contribution in [1.82, 2.24) is 9.80 Å². The highest BCUT2D eigenvalue weighted by Gasteiger charge is 2.77. The van der Waals surface area contributed by atoms with E-state index in [0.717, 1.165) is 11.1 Å². The Hall–Kier alpha value is -3.15. The topological polar surface area (TPSA) is 87.2 Å². The van der Waals surface area contributed by atoms with Crippen molar-refractivity contribution in [3.8, 4) is 5.75 Å². The van der Waals surface area contributed by atoms with Gasteiger partial charge in [0.1, 0.15) is 11.9 Å². The Balaban J connectivity index is 1.55. The van der Waals surface area contributed by atoms with Gasteiger partial charge >= 0.3 is 0 Å². The molecule has 0 radical (unpaired) electrons. The number of nitrogens with zero attached hydrogens (tertiary/aromatic N) is 3. The van der Waals surface area contributed by atoms with Crippen LogP contribution >= 0.6 is 21.6 Å². The minimum absolute atomic E-state index is 0.126. The Morgan fingerprint density at radius 1 is 0.947 bits per heavy atom. The molecule has 3 aromatic rings. The summed E-state index contributed by atoms with van der Waals surface area (Å²) in [7, 11) is 1.86.